The number of alkyl halides is 3. The van der Waals surface area contributed by atoms with Crippen LogP contribution < -0.4 is 5.32 Å². The third-order valence-corrected chi connectivity index (χ3v) is 1.86. The van der Waals surface area contributed by atoms with Gasteiger partial charge >= 0.3 is 6.18 Å². The van der Waals surface area contributed by atoms with Crippen molar-refractivity contribution >= 4 is 0 Å². The van der Waals surface area contributed by atoms with Crippen LogP contribution in [-0.4, -0.2) is 19.3 Å². The van der Waals surface area contributed by atoms with Gasteiger partial charge in [0.05, 0.1) is 6.42 Å². The van der Waals surface area contributed by atoms with Gasteiger partial charge in [-0.25, -0.2) is 0 Å². The minimum absolute atomic E-state index is 0.0392. The van der Waals surface area contributed by atoms with Crippen molar-refractivity contribution in [1.29, 1.82) is 0 Å². The Balaban J connectivity index is 3.25. The van der Waals surface area contributed by atoms with E-state index < -0.39 is 12.6 Å². The van der Waals surface area contributed by atoms with E-state index >= 15 is 0 Å². The summed E-state index contributed by atoms with van der Waals surface area (Å²) in [5, 5.41) is 2.81. The Morgan fingerprint density at radius 2 is 1.92 bits per heavy atom. The molecule has 0 aromatic heterocycles. The van der Waals surface area contributed by atoms with E-state index in [0.29, 0.717) is 12.5 Å². The third kappa shape index (κ3) is 9.67. The molecule has 13 heavy (non-hydrogen) atoms. The van der Waals surface area contributed by atoms with E-state index in [4.69, 9.17) is 0 Å². The van der Waals surface area contributed by atoms with Gasteiger partial charge in [0.15, 0.2) is 0 Å². The topological polar surface area (TPSA) is 12.0 Å². The summed E-state index contributed by atoms with van der Waals surface area (Å²) in [6.45, 7) is 4.85. The van der Waals surface area contributed by atoms with E-state index in [1.807, 2.05) is 6.92 Å². The standard InChI is InChI=1S/C9H18F3N/c1-3-4-8(2)7-13-6-5-9(10,11)12/h8,13H,3-7H2,1-2H3. The zero-order valence-corrected chi connectivity index (χ0v) is 8.25. The Morgan fingerprint density at radius 1 is 1.31 bits per heavy atom. The largest absolute Gasteiger partial charge is 0.390 e. The lowest BCUT2D eigenvalue weighted by Crippen LogP contribution is -2.25. The predicted octanol–water partition coefficient (Wildman–Crippen LogP) is 2.96. The predicted molar refractivity (Wildman–Crippen MR) is 47.6 cm³/mol. The molecule has 1 unspecified atom stereocenters. The molecule has 0 aliphatic carbocycles. The van der Waals surface area contributed by atoms with E-state index in [-0.39, 0.29) is 6.54 Å². The minimum Gasteiger partial charge on any atom is -0.316 e. The molecule has 0 aliphatic heterocycles. The smallest absolute Gasteiger partial charge is 0.316 e. The Hall–Kier alpha value is -0.250. The molecule has 0 spiro atoms. The molecule has 0 bridgehead atoms. The molecule has 0 saturated carbocycles. The summed E-state index contributed by atoms with van der Waals surface area (Å²) in [5.74, 6) is 0.471. The van der Waals surface area contributed by atoms with Crippen LogP contribution >= 0.6 is 0 Å². The zero-order chi connectivity index (χ0) is 10.3. The molecule has 1 N–H and O–H groups in total. The van der Waals surface area contributed by atoms with E-state index in [2.05, 4.69) is 12.2 Å². The summed E-state index contributed by atoms with van der Waals surface area (Å²) in [6, 6.07) is 0. The van der Waals surface area contributed by atoms with E-state index in [0.717, 1.165) is 12.8 Å². The van der Waals surface area contributed by atoms with Crippen molar-refractivity contribution in [3.8, 4) is 0 Å². The van der Waals surface area contributed by atoms with Crippen LogP contribution in [0.3, 0.4) is 0 Å². The van der Waals surface area contributed by atoms with Crippen LogP contribution in [0.5, 0.6) is 0 Å². The second kappa shape index (κ2) is 6.24. The number of halogens is 3. The van der Waals surface area contributed by atoms with Crippen molar-refractivity contribution in [2.45, 2.75) is 39.3 Å². The molecule has 1 nitrogen and oxygen atoms in total. The van der Waals surface area contributed by atoms with Gasteiger partial charge in [-0.1, -0.05) is 20.3 Å². The van der Waals surface area contributed by atoms with Crippen molar-refractivity contribution in [2.24, 2.45) is 5.92 Å². The quantitative estimate of drug-likeness (QED) is 0.645. The maximum absolute atomic E-state index is 11.7. The molecule has 0 rings (SSSR count). The van der Waals surface area contributed by atoms with Gasteiger partial charge < -0.3 is 5.32 Å². The lowest BCUT2D eigenvalue weighted by atomic mass is 10.1. The molecule has 0 aromatic rings. The van der Waals surface area contributed by atoms with Gasteiger partial charge in [-0.2, -0.15) is 13.2 Å². The van der Waals surface area contributed by atoms with Crippen LogP contribution in [0, 0.1) is 5.92 Å². The van der Waals surface area contributed by atoms with Gasteiger partial charge in [0.25, 0.3) is 0 Å². The van der Waals surface area contributed by atoms with Crippen LogP contribution in [0.2, 0.25) is 0 Å². The highest BCUT2D eigenvalue weighted by atomic mass is 19.4. The maximum Gasteiger partial charge on any atom is 0.390 e. The van der Waals surface area contributed by atoms with E-state index in [1.165, 1.54) is 0 Å². The monoisotopic (exact) mass is 197 g/mol. The van der Waals surface area contributed by atoms with Gasteiger partial charge in [0.2, 0.25) is 0 Å². The number of hydrogen-bond donors (Lipinski definition) is 1. The van der Waals surface area contributed by atoms with Crippen molar-refractivity contribution in [3.05, 3.63) is 0 Å². The lowest BCUT2D eigenvalue weighted by Gasteiger charge is -2.12. The summed E-state index contributed by atoms with van der Waals surface area (Å²) < 4.78 is 35.1. The molecule has 0 amide bonds. The Kier molecular flexibility index (Phi) is 6.12. The second-order valence-electron chi connectivity index (χ2n) is 3.46. The minimum atomic E-state index is -4.03. The molecule has 0 saturated heterocycles. The molecule has 1 atom stereocenters. The Labute approximate surface area is 77.7 Å². The highest BCUT2D eigenvalue weighted by Gasteiger charge is 2.25. The fraction of sp³-hybridized carbons (Fsp3) is 1.00. The first-order valence-electron chi connectivity index (χ1n) is 4.73. The molecule has 0 radical (unpaired) electrons. The van der Waals surface area contributed by atoms with Gasteiger partial charge in [-0.05, 0) is 18.9 Å². The summed E-state index contributed by atoms with van der Waals surface area (Å²) in [4.78, 5) is 0. The molecular weight excluding hydrogens is 179 g/mol. The van der Waals surface area contributed by atoms with Crippen molar-refractivity contribution in [1.82, 2.24) is 5.32 Å². The normalized spacial score (nSPS) is 14.5. The van der Waals surface area contributed by atoms with Crippen LogP contribution in [0.4, 0.5) is 13.2 Å². The molecule has 0 heterocycles. The fourth-order valence-corrected chi connectivity index (χ4v) is 1.17. The number of nitrogens with one attached hydrogen (secondary N) is 1. The summed E-state index contributed by atoms with van der Waals surface area (Å²) >= 11 is 0. The molecule has 0 aromatic carbocycles. The van der Waals surface area contributed by atoms with Gasteiger partial charge in [0.1, 0.15) is 0 Å². The summed E-state index contributed by atoms with van der Waals surface area (Å²) in [5.41, 5.74) is 0. The van der Waals surface area contributed by atoms with Gasteiger partial charge in [-0.3, -0.25) is 0 Å². The van der Waals surface area contributed by atoms with Crippen LogP contribution in [-0.2, 0) is 0 Å². The second-order valence-corrected chi connectivity index (χ2v) is 3.46. The van der Waals surface area contributed by atoms with Gasteiger partial charge in [-0.15, -0.1) is 0 Å². The first-order chi connectivity index (χ1) is 5.95. The van der Waals surface area contributed by atoms with Crippen molar-refractivity contribution in [3.63, 3.8) is 0 Å². The first kappa shape index (κ1) is 12.8. The molecule has 80 valence electrons. The fourth-order valence-electron chi connectivity index (χ4n) is 1.17. The van der Waals surface area contributed by atoms with Crippen LogP contribution in [0.25, 0.3) is 0 Å². The maximum atomic E-state index is 11.7. The molecule has 4 heteroatoms. The number of hydrogen-bond acceptors (Lipinski definition) is 1. The molecular formula is C9H18F3N. The Morgan fingerprint density at radius 3 is 2.38 bits per heavy atom. The molecule has 0 aliphatic rings. The lowest BCUT2D eigenvalue weighted by molar-refractivity contribution is -0.133. The van der Waals surface area contributed by atoms with Crippen LogP contribution in [0.15, 0.2) is 0 Å². The molecule has 0 fully saturated rings. The summed E-state index contributed by atoms with van der Waals surface area (Å²) in [7, 11) is 0. The van der Waals surface area contributed by atoms with Crippen molar-refractivity contribution in [2.75, 3.05) is 13.1 Å². The highest BCUT2D eigenvalue weighted by molar-refractivity contribution is 4.58. The average Bonchev–Trinajstić information content (AvgIpc) is 1.97. The zero-order valence-electron chi connectivity index (χ0n) is 8.25. The highest BCUT2D eigenvalue weighted by Crippen LogP contribution is 2.18. The first-order valence-corrected chi connectivity index (χ1v) is 4.73. The summed E-state index contributed by atoms with van der Waals surface area (Å²) in [6.07, 6.45) is -2.60. The van der Waals surface area contributed by atoms with E-state index in [1.54, 1.807) is 0 Å². The Bertz CT molecular complexity index is 123. The van der Waals surface area contributed by atoms with Gasteiger partial charge in [0, 0.05) is 6.54 Å². The number of rotatable bonds is 6. The average molecular weight is 197 g/mol. The van der Waals surface area contributed by atoms with Crippen LogP contribution in [0.1, 0.15) is 33.1 Å². The third-order valence-electron chi connectivity index (χ3n) is 1.86. The SMILES string of the molecule is CCCC(C)CNCCC(F)(F)F. The van der Waals surface area contributed by atoms with Crippen molar-refractivity contribution < 1.29 is 13.2 Å². The van der Waals surface area contributed by atoms with E-state index in [9.17, 15) is 13.2 Å².